The lowest BCUT2D eigenvalue weighted by atomic mass is 9.78. The second-order valence-corrected chi connectivity index (χ2v) is 5.38. The summed E-state index contributed by atoms with van der Waals surface area (Å²) in [6.45, 7) is 16.2. The number of hydrogen-bond acceptors (Lipinski definition) is 2. The lowest BCUT2D eigenvalue weighted by Crippen LogP contribution is -2.41. The van der Waals surface area contributed by atoms with Crippen molar-refractivity contribution in [1.82, 2.24) is 0 Å². The van der Waals surface area contributed by atoms with E-state index in [1.165, 1.54) is 5.57 Å². The molecule has 0 aromatic carbocycles. The molecule has 15 heavy (non-hydrogen) atoms. The molecule has 0 saturated carbocycles. The van der Waals surface area contributed by atoms with Crippen LogP contribution in [0.1, 0.15) is 41.5 Å². The van der Waals surface area contributed by atoms with E-state index in [2.05, 4.69) is 6.58 Å². The van der Waals surface area contributed by atoms with Crippen molar-refractivity contribution in [1.29, 1.82) is 0 Å². The third-order valence-electron chi connectivity index (χ3n) is 3.03. The van der Waals surface area contributed by atoms with Crippen LogP contribution in [0.15, 0.2) is 23.7 Å². The van der Waals surface area contributed by atoms with Gasteiger partial charge in [0.15, 0.2) is 0 Å². The Morgan fingerprint density at radius 2 is 1.47 bits per heavy atom. The van der Waals surface area contributed by atoms with Gasteiger partial charge in [-0.3, -0.25) is 0 Å². The highest BCUT2D eigenvalue weighted by Gasteiger charge is 2.51. The third kappa shape index (κ3) is 2.53. The van der Waals surface area contributed by atoms with E-state index < -0.39 is 0 Å². The first-order valence-electron chi connectivity index (χ1n) is 5.35. The molecule has 1 fully saturated rings. The van der Waals surface area contributed by atoms with E-state index in [9.17, 15) is 0 Å². The van der Waals surface area contributed by atoms with Crippen molar-refractivity contribution >= 4 is 7.12 Å². The van der Waals surface area contributed by atoms with Crippen molar-refractivity contribution in [2.45, 2.75) is 52.7 Å². The molecule has 0 aliphatic carbocycles. The van der Waals surface area contributed by atoms with E-state index in [-0.39, 0.29) is 18.3 Å². The average Bonchev–Trinajstić information content (AvgIpc) is 2.20. The molecule has 0 aromatic heterocycles. The van der Waals surface area contributed by atoms with Crippen molar-refractivity contribution in [3.8, 4) is 0 Å². The van der Waals surface area contributed by atoms with Gasteiger partial charge in [-0.2, -0.15) is 0 Å². The molecule has 1 aliphatic heterocycles. The molecule has 2 nitrogen and oxygen atoms in total. The number of hydrogen-bond donors (Lipinski definition) is 0. The average molecular weight is 208 g/mol. The van der Waals surface area contributed by atoms with Crippen molar-refractivity contribution < 1.29 is 9.31 Å². The predicted molar refractivity (Wildman–Crippen MR) is 64.7 cm³/mol. The first-order chi connectivity index (χ1) is 6.66. The number of allylic oxidation sites excluding steroid dienone is 3. The SMILES string of the molecule is C=C(C=C(C)C)B1OC(C)(C)C(C)(C)O1. The molecule has 0 radical (unpaired) electrons. The summed E-state index contributed by atoms with van der Waals surface area (Å²) in [7, 11) is -0.315. The minimum absolute atomic E-state index is 0.282. The van der Waals surface area contributed by atoms with Gasteiger partial charge in [-0.1, -0.05) is 18.2 Å². The summed E-state index contributed by atoms with van der Waals surface area (Å²) in [6, 6.07) is 0. The Bertz CT molecular complexity index is 283. The molecule has 1 aliphatic rings. The number of rotatable bonds is 2. The summed E-state index contributed by atoms with van der Waals surface area (Å²) in [5.74, 6) is 0. The van der Waals surface area contributed by atoms with Crippen LogP contribution in [0.5, 0.6) is 0 Å². The van der Waals surface area contributed by atoms with E-state index in [0.29, 0.717) is 0 Å². The standard InChI is InChI=1S/C12H21BO2/c1-9(2)8-10(3)13-14-11(4,5)12(6,7)15-13/h8H,3H2,1-2,4-7H3. The molecule has 0 N–H and O–H groups in total. The van der Waals surface area contributed by atoms with Crippen molar-refractivity contribution in [2.75, 3.05) is 0 Å². The zero-order chi connectivity index (χ0) is 11.9. The summed E-state index contributed by atoms with van der Waals surface area (Å²) in [5, 5.41) is 0. The molecule has 84 valence electrons. The van der Waals surface area contributed by atoms with Crippen LogP contribution in [0.4, 0.5) is 0 Å². The smallest absolute Gasteiger partial charge is 0.399 e. The quantitative estimate of drug-likeness (QED) is 0.512. The zero-order valence-corrected chi connectivity index (χ0v) is 10.7. The molecule has 1 rings (SSSR count). The van der Waals surface area contributed by atoms with Crippen LogP contribution in [0.3, 0.4) is 0 Å². The Kier molecular flexibility index (Phi) is 3.18. The summed E-state index contributed by atoms with van der Waals surface area (Å²) in [6.07, 6.45) is 2.00. The molecule has 0 aromatic rings. The maximum atomic E-state index is 5.86. The second kappa shape index (κ2) is 3.80. The van der Waals surface area contributed by atoms with Crippen LogP contribution in [0.2, 0.25) is 0 Å². The fourth-order valence-electron chi connectivity index (χ4n) is 1.43. The fraction of sp³-hybridized carbons (Fsp3) is 0.667. The molecule has 0 spiro atoms. The first-order valence-corrected chi connectivity index (χ1v) is 5.35. The highest BCUT2D eigenvalue weighted by atomic mass is 16.7. The molecule has 1 saturated heterocycles. The van der Waals surface area contributed by atoms with Gasteiger partial charge in [0.1, 0.15) is 0 Å². The van der Waals surface area contributed by atoms with Gasteiger partial charge in [-0.05, 0) is 47.0 Å². The van der Waals surface area contributed by atoms with Crippen molar-refractivity contribution in [2.24, 2.45) is 0 Å². The van der Waals surface area contributed by atoms with Crippen molar-refractivity contribution in [3.05, 3.63) is 23.7 Å². The van der Waals surface area contributed by atoms with E-state index in [4.69, 9.17) is 9.31 Å². The summed E-state index contributed by atoms with van der Waals surface area (Å²) in [5.41, 5.74) is 1.52. The van der Waals surface area contributed by atoms with Gasteiger partial charge in [-0.15, -0.1) is 0 Å². The Morgan fingerprint density at radius 3 is 1.80 bits per heavy atom. The first kappa shape index (κ1) is 12.5. The molecule has 3 heteroatoms. The summed E-state index contributed by atoms with van der Waals surface area (Å²) in [4.78, 5) is 0. The van der Waals surface area contributed by atoms with Crippen LogP contribution in [0, 0.1) is 0 Å². The van der Waals surface area contributed by atoms with Crippen LogP contribution in [-0.2, 0) is 9.31 Å². The second-order valence-electron chi connectivity index (χ2n) is 5.38. The van der Waals surface area contributed by atoms with Crippen LogP contribution < -0.4 is 0 Å². The minimum atomic E-state index is -0.315. The molecule has 0 atom stereocenters. The minimum Gasteiger partial charge on any atom is -0.399 e. The van der Waals surface area contributed by atoms with Crippen molar-refractivity contribution in [3.63, 3.8) is 0 Å². The van der Waals surface area contributed by atoms with Crippen LogP contribution >= 0.6 is 0 Å². The Labute approximate surface area is 93.5 Å². The molecule has 1 heterocycles. The Balaban J connectivity index is 2.80. The summed E-state index contributed by atoms with van der Waals surface area (Å²) >= 11 is 0. The monoisotopic (exact) mass is 208 g/mol. The van der Waals surface area contributed by atoms with Crippen LogP contribution in [0.25, 0.3) is 0 Å². The zero-order valence-electron chi connectivity index (χ0n) is 10.7. The third-order valence-corrected chi connectivity index (χ3v) is 3.03. The lowest BCUT2D eigenvalue weighted by Gasteiger charge is -2.32. The van der Waals surface area contributed by atoms with Gasteiger partial charge >= 0.3 is 7.12 Å². The molecule has 0 bridgehead atoms. The Hall–Kier alpha value is -0.535. The van der Waals surface area contributed by atoms with Gasteiger partial charge < -0.3 is 9.31 Å². The summed E-state index contributed by atoms with van der Waals surface area (Å²) < 4.78 is 11.7. The largest absolute Gasteiger partial charge is 0.494 e. The molecule has 0 unspecified atom stereocenters. The fourth-order valence-corrected chi connectivity index (χ4v) is 1.43. The highest BCUT2D eigenvalue weighted by molar-refractivity contribution is 6.55. The van der Waals surface area contributed by atoms with Gasteiger partial charge in [0.25, 0.3) is 0 Å². The Morgan fingerprint density at radius 1 is 1.07 bits per heavy atom. The maximum absolute atomic E-state index is 5.86. The van der Waals surface area contributed by atoms with Crippen LogP contribution in [-0.4, -0.2) is 18.3 Å². The van der Waals surface area contributed by atoms with E-state index in [1.54, 1.807) is 0 Å². The highest BCUT2D eigenvalue weighted by Crippen LogP contribution is 2.38. The topological polar surface area (TPSA) is 18.5 Å². The van der Waals surface area contributed by atoms with Gasteiger partial charge in [0, 0.05) is 0 Å². The maximum Gasteiger partial charge on any atom is 0.494 e. The molecular weight excluding hydrogens is 187 g/mol. The normalized spacial score (nSPS) is 22.7. The van der Waals surface area contributed by atoms with E-state index >= 15 is 0 Å². The van der Waals surface area contributed by atoms with Gasteiger partial charge in [-0.25, -0.2) is 0 Å². The molecular formula is C12H21BO2. The van der Waals surface area contributed by atoms with Gasteiger partial charge in [0.2, 0.25) is 0 Å². The van der Waals surface area contributed by atoms with E-state index in [1.807, 2.05) is 47.6 Å². The van der Waals surface area contributed by atoms with Gasteiger partial charge in [0.05, 0.1) is 11.2 Å². The lowest BCUT2D eigenvalue weighted by molar-refractivity contribution is 0.00578. The predicted octanol–water partition coefficient (Wildman–Crippen LogP) is 3.14. The van der Waals surface area contributed by atoms with E-state index in [0.717, 1.165) is 5.47 Å². The molecule has 0 amide bonds.